The van der Waals surface area contributed by atoms with Gasteiger partial charge in [0.1, 0.15) is 5.76 Å². The summed E-state index contributed by atoms with van der Waals surface area (Å²) in [6, 6.07) is 0. The molecule has 0 atom stereocenters. The number of carbonyl (C=O) groups is 3. The van der Waals surface area contributed by atoms with Crippen molar-refractivity contribution < 1.29 is 24.6 Å². The Balaban J connectivity index is 2.65. The minimum Gasteiger partial charge on any atom is -0.511 e. The number of allylic oxidation sites excluding steroid dienone is 2. The molecule has 0 unspecified atom stereocenters. The van der Waals surface area contributed by atoms with E-state index in [2.05, 4.69) is 22.6 Å². The first kappa shape index (κ1) is 16.1. The van der Waals surface area contributed by atoms with E-state index in [1.165, 1.54) is 0 Å². The average molecular weight is 380 g/mol. The highest BCUT2D eigenvalue weighted by Crippen LogP contribution is 2.35. The number of hydrogen-bond acceptors (Lipinski definition) is 4. The van der Waals surface area contributed by atoms with E-state index in [4.69, 9.17) is 5.11 Å². The maximum atomic E-state index is 11.9. The second-order valence-electron chi connectivity index (χ2n) is 5.04. The van der Waals surface area contributed by atoms with Gasteiger partial charge < -0.3 is 10.2 Å². The van der Waals surface area contributed by atoms with E-state index in [-0.39, 0.29) is 52.0 Å². The zero-order valence-electron chi connectivity index (χ0n) is 10.7. The molecule has 1 rings (SSSR count). The molecule has 0 radical (unpaired) electrons. The van der Waals surface area contributed by atoms with Crippen LogP contribution in [0, 0.1) is 0 Å². The van der Waals surface area contributed by atoms with E-state index in [1.807, 2.05) is 6.92 Å². The van der Waals surface area contributed by atoms with Crippen LogP contribution in [-0.2, 0) is 14.4 Å². The van der Waals surface area contributed by atoms with Gasteiger partial charge in [-0.25, -0.2) is 0 Å². The van der Waals surface area contributed by atoms with Gasteiger partial charge in [0.25, 0.3) is 0 Å². The molecule has 1 aliphatic rings. The molecule has 1 aliphatic carbocycles. The van der Waals surface area contributed by atoms with Crippen LogP contribution in [0.25, 0.3) is 0 Å². The number of carboxylic acid groups (broad SMARTS) is 1. The molecule has 19 heavy (non-hydrogen) atoms. The third-order valence-corrected chi connectivity index (χ3v) is 3.72. The molecule has 0 spiro atoms. The lowest BCUT2D eigenvalue weighted by Crippen LogP contribution is -2.34. The first-order valence-electron chi connectivity index (χ1n) is 6.12. The van der Waals surface area contributed by atoms with Crippen LogP contribution in [0.5, 0.6) is 0 Å². The second kappa shape index (κ2) is 6.49. The van der Waals surface area contributed by atoms with Crippen molar-refractivity contribution in [3.63, 3.8) is 0 Å². The van der Waals surface area contributed by atoms with Crippen molar-refractivity contribution in [2.75, 3.05) is 0 Å². The molecular formula is C13H17IO5. The standard InChI is InChI=1S/C13H17IO5/c1-13(14)6-9(16)12(10(17)7-13)8(15)4-2-3-5-11(18)19/h15H,2-7H2,1H3,(H,18,19). The number of hydrogen-bond donors (Lipinski definition) is 2. The fourth-order valence-corrected chi connectivity index (χ4v) is 2.77. The Morgan fingerprint density at radius 1 is 1.16 bits per heavy atom. The number of Topliss-reactive ketones (excluding diaryl/α,β-unsaturated/α-hetero) is 2. The van der Waals surface area contributed by atoms with E-state index in [0.29, 0.717) is 12.8 Å². The summed E-state index contributed by atoms with van der Waals surface area (Å²) in [7, 11) is 0. The molecule has 1 fully saturated rings. The predicted octanol–water partition coefficient (Wildman–Crippen LogP) is 2.57. The molecule has 6 heteroatoms. The lowest BCUT2D eigenvalue weighted by molar-refractivity contribution is -0.137. The highest BCUT2D eigenvalue weighted by Gasteiger charge is 2.38. The van der Waals surface area contributed by atoms with E-state index in [9.17, 15) is 19.5 Å². The molecule has 106 valence electrons. The zero-order chi connectivity index (χ0) is 14.6. The van der Waals surface area contributed by atoms with Gasteiger partial charge in [0, 0.05) is 29.1 Å². The van der Waals surface area contributed by atoms with Gasteiger partial charge in [-0.2, -0.15) is 0 Å². The number of alkyl halides is 1. The van der Waals surface area contributed by atoms with Crippen LogP contribution in [-0.4, -0.2) is 31.2 Å². The number of ketones is 2. The van der Waals surface area contributed by atoms with Crippen molar-refractivity contribution >= 4 is 40.1 Å². The van der Waals surface area contributed by atoms with Crippen LogP contribution in [0.2, 0.25) is 0 Å². The molecule has 0 aliphatic heterocycles. The maximum Gasteiger partial charge on any atom is 0.303 e. The smallest absolute Gasteiger partial charge is 0.303 e. The monoisotopic (exact) mass is 380 g/mol. The van der Waals surface area contributed by atoms with Gasteiger partial charge >= 0.3 is 5.97 Å². The summed E-state index contributed by atoms with van der Waals surface area (Å²) in [6.45, 7) is 1.84. The Hall–Kier alpha value is -0.920. The summed E-state index contributed by atoms with van der Waals surface area (Å²) in [6.07, 6.45) is 1.55. The van der Waals surface area contributed by atoms with Crippen LogP contribution in [0.1, 0.15) is 45.4 Å². The number of rotatable bonds is 5. The number of halogens is 1. The Labute approximate surface area is 125 Å². The summed E-state index contributed by atoms with van der Waals surface area (Å²) in [5, 5.41) is 18.3. The first-order chi connectivity index (χ1) is 8.73. The number of carbonyl (C=O) groups excluding carboxylic acids is 2. The van der Waals surface area contributed by atoms with Crippen molar-refractivity contribution in [2.24, 2.45) is 0 Å². The molecule has 0 aromatic heterocycles. The minimum atomic E-state index is -0.891. The number of carboxylic acids is 1. The first-order valence-corrected chi connectivity index (χ1v) is 7.20. The van der Waals surface area contributed by atoms with Gasteiger partial charge in [0.2, 0.25) is 0 Å². The SMILES string of the molecule is CC1(I)CC(=O)C(=C(O)CCCCC(=O)O)C(=O)C1. The van der Waals surface area contributed by atoms with Crippen molar-refractivity contribution in [2.45, 2.75) is 48.9 Å². The number of aliphatic hydroxyl groups excluding tert-OH is 1. The largest absolute Gasteiger partial charge is 0.511 e. The van der Waals surface area contributed by atoms with Crippen LogP contribution < -0.4 is 0 Å². The molecule has 0 bridgehead atoms. The van der Waals surface area contributed by atoms with Crippen LogP contribution in [0.4, 0.5) is 0 Å². The average Bonchev–Trinajstić information content (AvgIpc) is 2.21. The van der Waals surface area contributed by atoms with E-state index in [1.54, 1.807) is 0 Å². The lowest BCUT2D eigenvalue weighted by atomic mass is 9.83. The predicted molar refractivity (Wildman–Crippen MR) is 77.4 cm³/mol. The highest BCUT2D eigenvalue weighted by atomic mass is 127. The van der Waals surface area contributed by atoms with Gasteiger partial charge in [0.05, 0.1) is 5.57 Å². The molecule has 2 N–H and O–H groups in total. The molecule has 1 saturated carbocycles. The van der Waals surface area contributed by atoms with Crippen molar-refractivity contribution in [3.05, 3.63) is 11.3 Å². The highest BCUT2D eigenvalue weighted by molar-refractivity contribution is 14.1. The summed E-state index contributed by atoms with van der Waals surface area (Å²) in [5.74, 6) is -1.71. The van der Waals surface area contributed by atoms with Gasteiger partial charge in [-0.05, 0) is 19.8 Å². The topological polar surface area (TPSA) is 91.7 Å². The van der Waals surface area contributed by atoms with Crippen molar-refractivity contribution in [3.8, 4) is 0 Å². The maximum absolute atomic E-state index is 11.9. The number of unbranched alkanes of at least 4 members (excludes halogenated alkanes) is 1. The molecule has 0 aromatic rings. The van der Waals surface area contributed by atoms with Gasteiger partial charge in [-0.1, -0.05) is 22.6 Å². The van der Waals surface area contributed by atoms with Gasteiger partial charge in [-0.15, -0.1) is 0 Å². The Bertz CT molecular complexity index is 414. The van der Waals surface area contributed by atoms with Crippen LogP contribution in [0.15, 0.2) is 11.3 Å². The summed E-state index contributed by atoms with van der Waals surface area (Å²) in [5.41, 5.74) is -0.0792. The lowest BCUT2D eigenvalue weighted by Gasteiger charge is -2.27. The van der Waals surface area contributed by atoms with Crippen molar-refractivity contribution in [1.82, 2.24) is 0 Å². The summed E-state index contributed by atoms with van der Waals surface area (Å²) < 4.78 is -0.376. The third-order valence-electron chi connectivity index (χ3n) is 2.96. The second-order valence-corrected chi connectivity index (χ2v) is 7.64. The molecule has 5 nitrogen and oxygen atoms in total. The molecule has 0 saturated heterocycles. The van der Waals surface area contributed by atoms with Crippen molar-refractivity contribution in [1.29, 1.82) is 0 Å². The molecule has 0 heterocycles. The molecule has 0 amide bonds. The van der Waals surface area contributed by atoms with Gasteiger partial charge in [0.15, 0.2) is 11.6 Å². The molecule has 0 aromatic carbocycles. The zero-order valence-corrected chi connectivity index (χ0v) is 12.9. The number of aliphatic hydroxyl groups is 1. The Morgan fingerprint density at radius 2 is 1.63 bits per heavy atom. The number of aliphatic carboxylic acids is 1. The summed E-state index contributed by atoms with van der Waals surface area (Å²) >= 11 is 2.09. The van der Waals surface area contributed by atoms with Gasteiger partial charge in [-0.3, -0.25) is 14.4 Å². The fraction of sp³-hybridized carbons (Fsp3) is 0.615. The Morgan fingerprint density at radius 3 is 2.11 bits per heavy atom. The van der Waals surface area contributed by atoms with Crippen LogP contribution in [0.3, 0.4) is 0 Å². The minimum absolute atomic E-state index is 0.0241. The summed E-state index contributed by atoms with van der Waals surface area (Å²) in [4.78, 5) is 34.1. The Kier molecular flexibility index (Phi) is 5.51. The van der Waals surface area contributed by atoms with E-state index in [0.717, 1.165) is 0 Å². The molecular weight excluding hydrogens is 363 g/mol. The van der Waals surface area contributed by atoms with E-state index < -0.39 is 5.97 Å². The van der Waals surface area contributed by atoms with Crippen LogP contribution >= 0.6 is 22.6 Å². The quantitative estimate of drug-likeness (QED) is 0.191. The fourth-order valence-electron chi connectivity index (χ4n) is 2.08. The normalized spacial score (nSPS) is 23.6. The third kappa shape index (κ3) is 4.93. The van der Waals surface area contributed by atoms with E-state index >= 15 is 0 Å².